The lowest BCUT2D eigenvalue weighted by molar-refractivity contribution is 0.0275. The number of aromatic nitrogens is 1. The lowest BCUT2D eigenvalue weighted by atomic mass is 9.83. The van der Waals surface area contributed by atoms with Crippen LogP contribution in [0.25, 0.3) is 0 Å². The highest BCUT2D eigenvalue weighted by molar-refractivity contribution is 5.68. The molecule has 0 saturated carbocycles. The zero-order chi connectivity index (χ0) is 17.3. The van der Waals surface area contributed by atoms with E-state index in [4.69, 9.17) is 9.47 Å². The fourth-order valence-electron chi connectivity index (χ4n) is 3.06. The number of aryl methyl sites for hydroxylation is 1. The van der Waals surface area contributed by atoms with Crippen molar-refractivity contribution in [3.63, 3.8) is 0 Å². The molecule has 128 valence electrons. The normalized spacial score (nSPS) is 21.4. The second-order valence-electron chi connectivity index (χ2n) is 7.80. The number of hydrogen-bond donors (Lipinski definition) is 0. The molecule has 0 bridgehead atoms. The first-order chi connectivity index (χ1) is 10.6. The topological polar surface area (TPSA) is 51.7 Å². The van der Waals surface area contributed by atoms with E-state index in [1.54, 1.807) is 7.11 Å². The van der Waals surface area contributed by atoms with Gasteiger partial charge in [0, 0.05) is 24.8 Å². The average Bonchev–Trinajstić information content (AvgIpc) is 2.78. The molecule has 2 heterocycles. The van der Waals surface area contributed by atoms with Gasteiger partial charge in [-0.1, -0.05) is 6.92 Å². The first-order valence-electron chi connectivity index (χ1n) is 8.10. The van der Waals surface area contributed by atoms with Crippen LogP contribution < -0.4 is 4.74 Å². The van der Waals surface area contributed by atoms with Crippen molar-refractivity contribution in [1.29, 1.82) is 0 Å². The van der Waals surface area contributed by atoms with Gasteiger partial charge in [-0.05, 0) is 57.6 Å². The number of rotatable bonds is 3. The van der Waals surface area contributed by atoms with Crippen molar-refractivity contribution in [3.05, 3.63) is 23.4 Å². The van der Waals surface area contributed by atoms with Gasteiger partial charge in [0.2, 0.25) is 5.88 Å². The van der Waals surface area contributed by atoms with Crippen molar-refractivity contribution in [1.82, 2.24) is 9.88 Å². The first-order valence-corrected chi connectivity index (χ1v) is 8.10. The summed E-state index contributed by atoms with van der Waals surface area (Å²) in [5, 5.41) is 0. The predicted molar refractivity (Wildman–Crippen MR) is 89.8 cm³/mol. The third-order valence-electron chi connectivity index (χ3n) is 4.04. The van der Waals surface area contributed by atoms with Gasteiger partial charge in [0.05, 0.1) is 7.11 Å². The van der Waals surface area contributed by atoms with E-state index >= 15 is 0 Å². The monoisotopic (exact) mass is 320 g/mol. The van der Waals surface area contributed by atoms with Gasteiger partial charge in [0.25, 0.3) is 0 Å². The molecular formula is C18H28N2O3. The molecule has 1 aromatic rings. The SMILES string of the molecule is COc1cc(CC2(C)CCN(C(=O)OC(C)(C)C)C2)cc(C)n1. The minimum absolute atomic E-state index is 0.0513. The summed E-state index contributed by atoms with van der Waals surface area (Å²) in [6.45, 7) is 11.3. The molecule has 23 heavy (non-hydrogen) atoms. The number of amides is 1. The number of carbonyl (C=O) groups is 1. The van der Waals surface area contributed by atoms with E-state index in [9.17, 15) is 4.79 Å². The number of pyridine rings is 1. The van der Waals surface area contributed by atoms with E-state index in [1.165, 1.54) is 5.56 Å². The van der Waals surface area contributed by atoms with Crippen molar-refractivity contribution in [2.24, 2.45) is 5.41 Å². The Hall–Kier alpha value is -1.78. The van der Waals surface area contributed by atoms with Crippen LogP contribution in [-0.4, -0.2) is 41.8 Å². The van der Waals surface area contributed by atoms with Crippen molar-refractivity contribution in [2.75, 3.05) is 20.2 Å². The van der Waals surface area contributed by atoms with E-state index in [1.807, 2.05) is 38.7 Å². The molecule has 1 fully saturated rings. The van der Waals surface area contributed by atoms with E-state index in [0.717, 1.165) is 25.1 Å². The molecule has 1 amide bonds. The minimum atomic E-state index is -0.453. The van der Waals surface area contributed by atoms with Crippen LogP contribution in [0.3, 0.4) is 0 Å². The average molecular weight is 320 g/mol. The standard InChI is InChI=1S/C18H28N2O3/c1-13-9-14(10-15(19-13)22-6)11-18(5)7-8-20(12-18)16(21)23-17(2,3)4/h9-10H,7-8,11-12H2,1-6H3. The van der Waals surface area contributed by atoms with Gasteiger partial charge in [-0.2, -0.15) is 0 Å². The summed E-state index contributed by atoms with van der Waals surface area (Å²) < 4.78 is 10.7. The van der Waals surface area contributed by atoms with E-state index in [0.29, 0.717) is 12.4 Å². The summed E-state index contributed by atoms with van der Waals surface area (Å²) in [6.07, 6.45) is 1.65. The molecule has 1 aromatic heterocycles. The zero-order valence-corrected chi connectivity index (χ0v) is 15.1. The molecule has 0 radical (unpaired) electrons. The van der Waals surface area contributed by atoms with Gasteiger partial charge in [-0.15, -0.1) is 0 Å². The molecule has 0 aromatic carbocycles. The number of carbonyl (C=O) groups excluding carboxylic acids is 1. The Bertz CT molecular complexity index is 580. The quantitative estimate of drug-likeness (QED) is 0.854. The maximum absolute atomic E-state index is 12.2. The van der Waals surface area contributed by atoms with Gasteiger partial charge in [0.15, 0.2) is 0 Å². The molecule has 5 nitrogen and oxygen atoms in total. The molecule has 0 aliphatic carbocycles. The van der Waals surface area contributed by atoms with Crippen LogP contribution in [0, 0.1) is 12.3 Å². The molecule has 1 saturated heterocycles. The second kappa shape index (κ2) is 6.38. The van der Waals surface area contributed by atoms with Crippen LogP contribution in [0.1, 0.15) is 45.4 Å². The van der Waals surface area contributed by atoms with Crippen molar-refractivity contribution < 1.29 is 14.3 Å². The highest BCUT2D eigenvalue weighted by atomic mass is 16.6. The number of hydrogen-bond acceptors (Lipinski definition) is 4. The Kier molecular flexibility index (Phi) is 4.87. The lowest BCUT2D eigenvalue weighted by Gasteiger charge is -2.27. The molecule has 0 N–H and O–H groups in total. The van der Waals surface area contributed by atoms with Gasteiger partial charge in [-0.25, -0.2) is 9.78 Å². The number of ether oxygens (including phenoxy) is 2. The highest BCUT2D eigenvalue weighted by Crippen LogP contribution is 2.35. The molecule has 5 heteroatoms. The summed E-state index contributed by atoms with van der Waals surface area (Å²) in [5.74, 6) is 0.644. The van der Waals surface area contributed by atoms with Gasteiger partial charge < -0.3 is 14.4 Å². The molecule has 1 unspecified atom stereocenters. The maximum atomic E-state index is 12.2. The zero-order valence-electron chi connectivity index (χ0n) is 15.1. The van der Waals surface area contributed by atoms with Crippen LogP contribution in [-0.2, 0) is 11.2 Å². The summed E-state index contributed by atoms with van der Waals surface area (Å²) in [4.78, 5) is 18.4. The Morgan fingerprint density at radius 2 is 2.09 bits per heavy atom. The Morgan fingerprint density at radius 3 is 2.70 bits per heavy atom. The molecule has 0 spiro atoms. The van der Waals surface area contributed by atoms with E-state index < -0.39 is 5.60 Å². The molecule has 1 aliphatic rings. The summed E-state index contributed by atoms with van der Waals surface area (Å²) in [5.41, 5.74) is 1.74. The Balaban J connectivity index is 2.04. The summed E-state index contributed by atoms with van der Waals surface area (Å²) in [7, 11) is 1.63. The molecule has 2 rings (SSSR count). The van der Waals surface area contributed by atoms with Crippen molar-refractivity contribution >= 4 is 6.09 Å². The first kappa shape index (κ1) is 17.6. The maximum Gasteiger partial charge on any atom is 0.410 e. The van der Waals surface area contributed by atoms with Crippen LogP contribution in [0.4, 0.5) is 4.79 Å². The summed E-state index contributed by atoms with van der Waals surface area (Å²) in [6, 6.07) is 4.07. The lowest BCUT2D eigenvalue weighted by Crippen LogP contribution is -2.36. The third kappa shape index (κ3) is 4.85. The second-order valence-corrected chi connectivity index (χ2v) is 7.80. The van der Waals surface area contributed by atoms with Crippen LogP contribution in [0.2, 0.25) is 0 Å². The third-order valence-corrected chi connectivity index (χ3v) is 4.04. The molecule has 1 aliphatic heterocycles. The van der Waals surface area contributed by atoms with Crippen LogP contribution in [0.15, 0.2) is 12.1 Å². The summed E-state index contributed by atoms with van der Waals surface area (Å²) >= 11 is 0. The van der Waals surface area contributed by atoms with Gasteiger partial charge in [0.1, 0.15) is 5.60 Å². The number of nitrogens with zero attached hydrogens (tertiary/aromatic N) is 2. The Labute approximate surface area is 139 Å². The molecular weight excluding hydrogens is 292 g/mol. The minimum Gasteiger partial charge on any atom is -0.481 e. The predicted octanol–water partition coefficient (Wildman–Crippen LogP) is 3.59. The van der Waals surface area contributed by atoms with Crippen molar-refractivity contribution in [3.8, 4) is 5.88 Å². The fraction of sp³-hybridized carbons (Fsp3) is 0.667. The van der Waals surface area contributed by atoms with E-state index in [2.05, 4.69) is 18.0 Å². The van der Waals surface area contributed by atoms with Gasteiger partial charge >= 0.3 is 6.09 Å². The number of likely N-dealkylation sites (tertiary alicyclic amines) is 1. The number of methoxy groups -OCH3 is 1. The van der Waals surface area contributed by atoms with Crippen LogP contribution >= 0.6 is 0 Å². The smallest absolute Gasteiger partial charge is 0.410 e. The molecule has 1 atom stereocenters. The van der Waals surface area contributed by atoms with Crippen molar-refractivity contribution in [2.45, 2.75) is 53.1 Å². The highest BCUT2D eigenvalue weighted by Gasteiger charge is 2.37. The fourth-order valence-corrected chi connectivity index (χ4v) is 3.06. The van der Waals surface area contributed by atoms with Gasteiger partial charge in [-0.3, -0.25) is 0 Å². The largest absolute Gasteiger partial charge is 0.481 e. The van der Waals surface area contributed by atoms with Crippen LogP contribution in [0.5, 0.6) is 5.88 Å². The van der Waals surface area contributed by atoms with E-state index in [-0.39, 0.29) is 11.5 Å². The Morgan fingerprint density at radius 1 is 1.39 bits per heavy atom.